The number of ether oxygens (including phenoxy) is 2. The molecule has 0 aliphatic carbocycles. The molecule has 1 fully saturated rings. The Morgan fingerprint density at radius 3 is 2.22 bits per heavy atom. The molecule has 4 aromatic rings. The van der Waals surface area contributed by atoms with Crippen LogP contribution in [0.25, 0.3) is 16.5 Å². The summed E-state index contributed by atoms with van der Waals surface area (Å²) in [6.45, 7) is 2.62. The molecule has 0 bridgehead atoms. The number of hydrogen-bond donors (Lipinski definition) is 1. The number of amides is 1. The molecule has 1 saturated heterocycles. The summed E-state index contributed by atoms with van der Waals surface area (Å²) in [5.41, 5.74) is 1.72. The number of anilines is 1. The molecule has 4 aromatic carbocycles. The maximum absolute atomic E-state index is 13.4. The molecule has 37 heavy (non-hydrogen) atoms. The molecule has 1 atom stereocenters. The second-order valence-electron chi connectivity index (χ2n) is 8.85. The van der Waals surface area contributed by atoms with Crippen LogP contribution in [0.15, 0.2) is 96.6 Å². The number of hydrogen-bond acceptors (Lipinski definition) is 5. The average molecular weight is 494 g/mol. The first-order chi connectivity index (χ1) is 18.0. The third-order valence-corrected chi connectivity index (χ3v) is 6.49. The lowest BCUT2D eigenvalue weighted by Gasteiger charge is -2.25. The first-order valence-corrected chi connectivity index (χ1v) is 12.2. The molecule has 1 heterocycles. The summed E-state index contributed by atoms with van der Waals surface area (Å²) in [5.74, 6) is -0.329. The van der Waals surface area contributed by atoms with Crippen LogP contribution in [0, 0.1) is 0 Å². The number of carbonyl (C=O) groups excluding carboxylic acids is 2. The van der Waals surface area contributed by atoms with E-state index >= 15 is 0 Å². The summed E-state index contributed by atoms with van der Waals surface area (Å²) < 4.78 is 11.0. The van der Waals surface area contributed by atoms with Gasteiger partial charge in [0.2, 0.25) is 0 Å². The largest absolute Gasteiger partial charge is 0.507 e. The van der Waals surface area contributed by atoms with Crippen LogP contribution >= 0.6 is 0 Å². The van der Waals surface area contributed by atoms with E-state index in [9.17, 15) is 14.7 Å². The van der Waals surface area contributed by atoms with Crippen molar-refractivity contribution in [3.63, 3.8) is 0 Å². The summed E-state index contributed by atoms with van der Waals surface area (Å²) in [6.07, 6.45) is 0.880. The number of Topliss-reactive ketones (excluding diaryl/α,β-unsaturated/α-hetero) is 1. The molecular weight excluding hydrogens is 466 g/mol. The van der Waals surface area contributed by atoms with Crippen LogP contribution in [0.1, 0.15) is 30.5 Å². The van der Waals surface area contributed by atoms with Gasteiger partial charge in [-0.1, -0.05) is 55.5 Å². The Kier molecular flexibility index (Phi) is 6.64. The van der Waals surface area contributed by atoms with Gasteiger partial charge < -0.3 is 14.6 Å². The summed E-state index contributed by atoms with van der Waals surface area (Å²) in [6, 6.07) is 26.6. The van der Waals surface area contributed by atoms with Gasteiger partial charge in [-0.15, -0.1) is 0 Å². The predicted molar refractivity (Wildman–Crippen MR) is 144 cm³/mol. The van der Waals surface area contributed by atoms with Crippen LogP contribution in [0.2, 0.25) is 0 Å². The standard InChI is InChI=1S/C31H27NO5/c1-3-18-37-26-14-10-21(11-15-26)28-27(29(33)23-9-8-20-6-4-5-7-22(20)19-23)30(34)31(35)32(28)24-12-16-25(36-2)17-13-24/h4-17,19,28,33H,3,18H2,1-2H3/b29-27-. The van der Waals surface area contributed by atoms with Crippen LogP contribution in [0.4, 0.5) is 5.69 Å². The lowest BCUT2D eigenvalue weighted by atomic mass is 9.94. The van der Waals surface area contributed by atoms with E-state index in [1.54, 1.807) is 37.4 Å². The van der Waals surface area contributed by atoms with Crippen LogP contribution in [-0.2, 0) is 9.59 Å². The van der Waals surface area contributed by atoms with Crippen LogP contribution in [0.3, 0.4) is 0 Å². The van der Waals surface area contributed by atoms with E-state index in [4.69, 9.17) is 9.47 Å². The molecule has 1 unspecified atom stereocenters. The highest BCUT2D eigenvalue weighted by Gasteiger charge is 2.47. The van der Waals surface area contributed by atoms with Crippen molar-refractivity contribution in [3.05, 3.63) is 108 Å². The topological polar surface area (TPSA) is 76.1 Å². The van der Waals surface area contributed by atoms with Gasteiger partial charge in [0, 0.05) is 11.3 Å². The Bertz CT molecular complexity index is 1490. The number of aliphatic hydroxyl groups excluding tert-OH is 1. The number of rotatable bonds is 7. The summed E-state index contributed by atoms with van der Waals surface area (Å²) >= 11 is 0. The second-order valence-corrected chi connectivity index (χ2v) is 8.85. The molecule has 0 radical (unpaired) electrons. The summed E-state index contributed by atoms with van der Waals surface area (Å²) in [5, 5.41) is 13.4. The number of nitrogens with zero attached hydrogens (tertiary/aromatic N) is 1. The van der Waals surface area contributed by atoms with Crippen molar-refractivity contribution < 1.29 is 24.2 Å². The zero-order chi connectivity index (χ0) is 25.9. The van der Waals surface area contributed by atoms with Gasteiger partial charge in [0.05, 0.1) is 25.3 Å². The minimum absolute atomic E-state index is 0.0401. The van der Waals surface area contributed by atoms with Crippen molar-refractivity contribution in [2.45, 2.75) is 19.4 Å². The average Bonchev–Trinajstić information content (AvgIpc) is 3.21. The molecule has 1 N–H and O–H groups in total. The Morgan fingerprint density at radius 2 is 1.54 bits per heavy atom. The maximum Gasteiger partial charge on any atom is 0.300 e. The third-order valence-electron chi connectivity index (χ3n) is 6.49. The smallest absolute Gasteiger partial charge is 0.300 e. The molecule has 1 aliphatic rings. The first kappa shape index (κ1) is 24.1. The van der Waals surface area contributed by atoms with Crippen molar-refractivity contribution in [1.82, 2.24) is 0 Å². The Hall–Kier alpha value is -4.58. The molecular formula is C31H27NO5. The van der Waals surface area contributed by atoms with E-state index in [1.165, 1.54) is 4.90 Å². The number of methoxy groups -OCH3 is 1. The number of carbonyl (C=O) groups is 2. The maximum atomic E-state index is 13.4. The van der Waals surface area contributed by atoms with E-state index in [0.717, 1.165) is 17.2 Å². The van der Waals surface area contributed by atoms with Gasteiger partial charge in [0.15, 0.2) is 0 Å². The van der Waals surface area contributed by atoms with Crippen molar-refractivity contribution in [2.24, 2.45) is 0 Å². The number of benzene rings is 4. The normalized spacial score (nSPS) is 16.8. The molecule has 0 saturated carbocycles. The third kappa shape index (κ3) is 4.54. The SMILES string of the molecule is CCCOc1ccc(C2/C(=C(/O)c3ccc4ccccc4c3)C(=O)C(=O)N2c2ccc(OC)cc2)cc1. The van der Waals surface area contributed by atoms with Gasteiger partial charge in [-0.2, -0.15) is 0 Å². The molecule has 1 amide bonds. The molecule has 6 nitrogen and oxygen atoms in total. The predicted octanol–water partition coefficient (Wildman–Crippen LogP) is 6.26. The fourth-order valence-corrected chi connectivity index (χ4v) is 4.62. The van der Waals surface area contributed by atoms with Crippen LogP contribution in [0.5, 0.6) is 11.5 Å². The molecule has 1 aliphatic heterocycles. The minimum atomic E-state index is -0.819. The van der Waals surface area contributed by atoms with Gasteiger partial charge >= 0.3 is 0 Å². The minimum Gasteiger partial charge on any atom is -0.507 e. The highest BCUT2D eigenvalue weighted by Crippen LogP contribution is 2.43. The van der Waals surface area contributed by atoms with E-state index in [2.05, 4.69) is 0 Å². The molecule has 186 valence electrons. The lowest BCUT2D eigenvalue weighted by molar-refractivity contribution is -0.132. The van der Waals surface area contributed by atoms with E-state index in [-0.39, 0.29) is 11.3 Å². The second kappa shape index (κ2) is 10.2. The quantitative estimate of drug-likeness (QED) is 0.187. The van der Waals surface area contributed by atoms with Crippen molar-refractivity contribution >= 4 is 33.9 Å². The summed E-state index contributed by atoms with van der Waals surface area (Å²) in [7, 11) is 1.56. The first-order valence-electron chi connectivity index (χ1n) is 12.2. The Labute approximate surface area is 215 Å². The van der Waals surface area contributed by atoms with Gasteiger partial charge in [0.25, 0.3) is 11.7 Å². The number of aliphatic hydroxyl groups is 1. The molecule has 5 rings (SSSR count). The van der Waals surface area contributed by atoms with Crippen molar-refractivity contribution in [2.75, 3.05) is 18.6 Å². The Morgan fingerprint density at radius 1 is 0.865 bits per heavy atom. The molecule has 6 heteroatoms. The van der Waals surface area contributed by atoms with E-state index in [0.29, 0.717) is 34.9 Å². The van der Waals surface area contributed by atoms with Crippen LogP contribution < -0.4 is 14.4 Å². The lowest BCUT2D eigenvalue weighted by Crippen LogP contribution is -2.29. The van der Waals surface area contributed by atoms with Crippen LogP contribution in [-0.4, -0.2) is 30.5 Å². The molecule has 0 aromatic heterocycles. The highest BCUT2D eigenvalue weighted by atomic mass is 16.5. The van der Waals surface area contributed by atoms with E-state index in [1.807, 2.05) is 67.6 Å². The van der Waals surface area contributed by atoms with E-state index < -0.39 is 17.7 Å². The fraction of sp³-hybridized carbons (Fsp3) is 0.161. The van der Waals surface area contributed by atoms with Gasteiger partial charge in [-0.3, -0.25) is 14.5 Å². The van der Waals surface area contributed by atoms with Gasteiger partial charge in [-0.05, 0) is 65.2 Å². The molecule has 0 spiro atoms. The summed E-state index contributed by atoms with van der Waals surface area (Å²) in [4.78, 5) is 28.2. The monoisotopic (exact) mass is 493 g/mol. The Balaban J connectivity index is 1.65. The van der Waals surface area contributed by atoms with Gasteiger partial charge in [0.1, 0.15) is 17.3 Å². The van der Waals surface area contributed by atoms with Crippen molar-refractivity contribution in [1.29, 1.82) is 0 Å². The zero-order valence-corrected chi connectivity index (χ0v) is 20.7. The fourth-order valence-electron chi connectivity index (χ4n) is 4.62. The number of ketones is 1. The zero-order valence-electron chi connectivity index (χ0n) is 20.7. The van der Waals surface area contributed by atoms with Gasteiger partial charge in [-0.25, -0.2) is 0 Å². The number of fused-ring (bicyclic) bond motifs is 1. The highest BCUT2D eigenvalue weighted by molar-refractivity contribution is 6.51. The van der Waals surface area contributed by atoms with Crippen molar-refractivity contribution in [3.8, 4) is 11.5 Å².